The summed E-state index contributed by atoms with van der Waals surface area (Å²) in [6.45, 7) is 3.93. The lowest BCUT2D eigenvalue weighted by Crippen LogP contribution is -2.46. The SMILES string of the molecule is CCCN(C1CCNCC1)S(=O)(=O)c1cc(Br)ccc1F. The minimum absolute atomic E-state index is 0.0606. The molecule has 0 saturated carbocycles. The van der Waals surface area contributed by atoms with Crippen LogP contribution in [0.3, 0.4) is 0 Å². The van der Waals surface area contributed by atoms with Crippen LogP contribution in [-0.2, 0) is 10.0 Å². The fraction of sp³-hybridized carbons (Fsp3) is 0.571. The highest BCUT2D eigenvalue weighted by Crippen LogP contribution is 2.27. The molecule has 1 aliphatic heterocycles. The van der Waals surface area contributed by atoms with Crippen molar-refractivity contribution in [2.75, 3.05) is 19.6 Å². The molecule has 0 unspecified atom stereocenters. The Balaban J connectivity index is 2.39. The summed E-state index contributed by atoms with van der Waals surface area (Å²) in [7, 11) is -3.82. The van der Waals surface area contributed by atoms with Gasteiger partial charge in [-0.05, 0) is 50.6 Å². The predicted octanol–water partition coefficient (Wildman–Crippen LogP) is 2.74. The van der Waals surface area contributed by atoms with Gasteiger partial charge in [0.25, 0.3) is 0 Å². The number of benzene rings is 1. The van der Waals surface area contributed by atoms with E-state index in [-0.39, 0.29) is 10.9 Å². The van der Waals surface area contributed by atoms with Crippen molar-refractivity contribution in [2.24, 2.45) is 0 Å². The van der Waals surface area contributed by atoms with Crippen LogP contribution in [0.15, 0.2) is 27.6 Å². The zero-order chi connectivity index (χ0) is 15.5. The van der Waals surface area contributed by atoms with Crippen molar-refractivity contribution < 1.29 is 12.8 Å². The summed E-state index contributed by atoms with van der Waals surface area (Å²) in [5.41, 5.74) is 0. The van der Waals surface area contributed by atoms with E-state index < -0.39 is 15.8 Å². The number of nitrogens with one attached hydrogen (secondary N) is 1. The van der Waals surface area contributed by atoms with Crippen LogP contribution in [0.25, 0.3) is 0 Å². The van der Waals surface area contributed by atoms with Crippen molar-refractivity contribution in [2.45, 2.75) is 37.1 Å². The van der Waals surface area contributed by atoms with Gasteiger partial charge in [0.1, 0.15) is 10.7 Å². The molecule has 4 nitrogen and oxygen atoms in total. The maximum absolute atomic E-state index is 14.0. The van der Waals surface area contributed by atoms with E-state index in [1.807, 2.05) is 6.92 Å². The first-order valence-electron chi connectivity index (χ1n) is 7.14. The number of piperidine rings is 1. The Bertz CT molecular complexity index is 589. The molecular weight excluding hydrogens is 359 g/mol. The largest absolute Gasteiger partial charge is 0.317 e. The molecule has 0 amide bonds. The van der Waals surface area contributed by atoms with Crippen LogP contribution in [0.4, 0.5) is 4.39 Å². The average molecular weight is 379 g/mol. The Kier molecular flexibility index (Phi) is 5.76. The van der Waals surface area contributed by atoms with Gasteiger partial charge in [0.05, 0.1) is 0 Å². The second kappa shape index (κ2) is 7.17. The number of hydrogen-bond acceptors (Lipinski definition) is 3. The molecule has 7 heteroatoms. The van der Waals surface area contributed by atoms with E-state index in [0.717, 1.165) is 25.9 Å². The summed E-state index contributed by atoms with van der Waals surface area (Å²) < 4.78 is 41.7. The average Bonchev–Trinajstić information content (AvgIpc) is 2.48. The Morgan fingerprint density at radius 3 is 2.67 bits per heavy atom. The van der Waals surface area contributed by atoms with Gasteiger partial charge >= 0.3 is 0 Å². The fourth-order valence-electron chi connectivity index (χ4n) is 2.62. The number of halogens is 2. The zero-order valence-corrected chi connectivity index (χ0v) is 14.4. The third-order valence-corrected chi connectivity index (χ3v) is 6.10. The number of hydrogen-bond donors (Lipinski definition) is 1. The molecule has 0 radical (unpaired) electrons. The van der Waals surface area contributed by atoms with E-state index in [9.17, 15) is 12.8 Å². The predicted molar refractivity (Wildman–Crippen MR) is 84.2 cm³/mol. The highest BCUT2D eigenvalue weighted by molar-refractivity contribution is 9.10. The van der Waals surface area contributed by atoms with Gasteiger partial charge in [-0.3, -0.25) is 0 Å². The molecule has 0 aromatic heterocycles. The van der Waals surface area contributed by atoms with Gasteiger partial charge in [-0.1, -0.05) is 22.9 Å². The molecule has 1 aliphatic rings. The second-order valence-electron chi connectivity index (χ2n) is 5.17. The van der Waals surface area contributed by atoms with Crippen LogP contribution in [0, 0.1) is 5.82 Å². The van der Waals surface area contributed by atoms with Crippen molar-refractivity contribution in [3.05, 3.63) is 28.5 Å². The summed E-state index contributed by atoms with van der Waals surface area (Å²) in [6, 6.07) is 3.97. The highest BCUT2D eigenvalue weighted by atomic mass is 79.9. The molecule has 0 aliphatic carbocycles. The lowest BCUT2D eigenvalue weighted by Gasteiger charge is -2.33. The zero-order valence-electron chi connectivity index (χ0n) is 12.0. The fourth-order valence-corrected chi connectivity index (χ4v) is 5.00. The summed E-state index contributed by atoms with van der Waals surface area (Å²) in [4.78, 5) is -0.246. The molecule has 1 fully saturated rings. The smallest absolute Gasteiger partial charge is 0.246 e. The van der Waals surface area contributed by atoms with Gasteiger partial charge in [0.15, 0.2) is 0 Å². The van der Waals surface area contributed by atoms with Crippen molar-refractivity contribution in [3.8, 4) is 0 Å². The van der Waals surface area contributed by atoms with E-state index >= 15 is 0 Å². The maximum Gasteiger partial charge on any atom is 0.246 e. The monoisotopic (exact) mass is 378 g/mol. The van der Waals surface area contributed by atoms with Crippen molar-refractivity contribution >= 4 is 26.0 Å². The highest BCUT2D eigenvalue weighted by Gasteiger charge is 2.33. The van der Waals surface area contributed by atoms with Crippen LogP contribution < -0.4 is 5.32 Å². The van der Waals surface area contributed by atoms with Crippen molar-refractivity contribution in [1.82, 2.24) is 9.62 Å². The molecular formula is C14H20BrFN2O2S. The van der Waals surface area contributed by atoms with Crippen molar-refractivity contribution in [1.29, 1.82) is 0 Å². The molecule has 0 atom stereocenters. The molecule has 1 N–H and O–H groups in total. The van der Waals surface area contributed by atoms with E-state index in [1.54, 1.807) is 0 Å². The molecule has 0 bridgehead atoms. The van der Waals surface area contributed by atoms with E-state index in [4.69, 9.17) is 0 Å². The second-order valence-corrected chi connectivity index (χ2v) is 7.95. The molecule has 1 heterocycles. The normalized spacial score (nSPS) is 17.3. The number of nitrogens with zero attached hydrogens (tertiary/aromatic N) is 1. The first-order chi connectivity index (χ1) is 9.96. The van der Waals surface area contributed by atoms with Crippen LogP contribution in [0.5, 0.6) is 0 Å². The van der Waals surface area contributed by atoms with Gasteiger partial charge < -0.3 is 5.32 Å². The Morgan fingerprint density at radius 1 is 1.38 bits per heavy atom. The summed E-state index contributed by atoms with van der Waals surface area (Å²) in [6.07, 6.45) is 2.22. The van der Waals surface area contributed by atoms with E-state index in [2.05, 4.69) is 21.2 Å². The third-order valence-electron chi connectivity index (χ3n) is 3.64. The standard InChI is InChI=1S/C14H20BrFN2O2S/c1-2-9-18(12-5-7-17-8-6-12)21(19,20)14-10-11(15)3-4-13(14)16/h3-4,10,12,17H,2,5-9H2,1H3. The summed E-state index contributed by atoms with van der Waals surface area (Å²) in [5, 5.41) is 3.22. The van der Waals surface area contributed by atoms with Gasteiger partial charge in [0, 0.05) is 17.1 Å². The molecule has 2 rings (SSSR count). The minimum atomic E-state index is -3.82. The first-order valence-corrected chi connectivity index (χ1v) is 9.37. The molecule has 118 valence electrons. The van der Waals surface area contributed by atoms with Crippen LogP contribution >= 0.6 is 15.9 Å². The van der Waals surface area contributed by atoms with Crippen LogP contribution in [0.1, 0.15) is 26.2 Å². The Labute approximate surface area is 133 Å². The molecule has 0 spiro atoms. The lowest BCUT2D eigenvalue weighted by molar-refractivity contribution is 0.261. The molecule has 1 aromatic rings. The number of rotatable bonds is 5. The topological polar surface area (TPSA) is 49.4 Å². The Morgan fingerprint density at radius 2 is 2.05 bits per heavy atom. The minimum Gasteiger partial charge on any atom is -0.317 e. The van der Waals surface area contributed by atoms with E-state index in [0.29, 0.717) is 17.4 Å². The lowest BCUT2D eigenvalue weighted by atomic mass is 10.1. The maximum atomic E-state index is 14.0. The third kappa shape index (κ3) is 3.83. The van der Waals surface area contributed by atoms with E-state index in [1.165, 1.54) is 22.5 Å². The first kappa shape index (κ1) is 16.9. The Hall–Kier alpha value is -0.500. The van der Waals surface area contributed by atoms with Crippen LogP contribution in [0.2, 0.25) is 0 Å². The number of sulfonamides is 1. The van der Waals surface area contributed by atoms with Gasteiger partial charge in [-0.25, -0.2) is 12.8 Å². The summed E-state index contributed by atoms with van der Waals surface area (Å²) >= 11 is 3.21. The van der Waals surface area contributed by atoms with Crippen LogP contribution in [-0.4, -0.2) is 38.4 Å². The molecule has 21 heavy (non-hydrogen) atoms. The molecule has 1 saturated heterocycles. The quantitative estimate of drug-likeness (QED) is 0.856. The summed E-state index contributed by atoms with van der Waals surface area (Å²) in [5.74, 6) is -0.701. The van der Waals surface area contributed by atoms with Crippen molar-refractivity contribution in [3.63, 3.8) is 0 Å². The van der Waals surface area contributed by atoms with Gasteiger partial charge in [0.2, 0.25) is 10.0 Å². The molecule has 1 aromatic carbocycles. The van der Waals surface area contributed by atoms with Gasteiger partial charge in [-0.15, -0.1) is 0 Å². The van der Waals surface area contributed by atoms with Gasteiger partial charge in [-0.2, -0.15) is 4.31 Å².